The van der Waals surface area contributed by atoms with Crippen LogP contribution in [-0.4, -0.2) is 18.0 Å². The summed E-state index contributed by atoms with van der Waals surface area (Å²) < 4.78 is 0. The molecule has 70 valence electrons. The maximum Gasteiger partial charge on any atom is 0.0986 e. The van der Waals surface area contributed by atoms with Crippen LogP contribution in [-0.2, 0) is 0 Å². The SMILES string of the molecule is CCN(CC)/C(N)=C/C=C(/C)N. The molecule has 0 aromatic rings. The average molecular weight is 169 g/mol. The molecule has 0 saturated carbocycles. The molecule has 0 fully saturated rings. The minimum atomic E-state index is 0.768. The summed E-state index contributed by atoms with van der Waals surface area (Å²) in [5.41, 5.74) is 12.0. The Labute approximate surface area is 74.7 Å². The van der Waals surface area contributed by atoms with Crippen molar-refractivity contribution in [1.29, 1.82) is 0 Å². The molecule has 0 amide bonds. The predicted octanol–water partition coefficient (Wildman–Crippen LogP) is 0.991. The van der Waals surface area contributed by atoms with Gasteiger partial charge in [0.2, 0.25) is 0 Å². The maximum atomic E-state index is 5.77. The van der Waals surface area contributed by atoms with E-state index in [1.54, 1.807) is 0 Å². The molecule has 0 radical (unpaired) electrons. The van der Waals surface area contributed by atoms with Crippen molar-refractivity contribution in [3.8, 4) is 0 Å². The Kier molecular flexibility index (Phi) is 5.00. The van der Waals surface area contributed by atoms with Crippen LogP contribution in [0.15, 0.2) is 23.7 Å². The zero-order valence-corrected chi connectivity index (χ0v) is 8.17. The van der Waals surface area contributed by atoms with Crippen LogP contribution in [0, 0.1) is 0 Å². The van der Waals surface area contributed by atoms with E-state index in [9.17, 15) is 0 Å². The summed E-state index contributed by atoms with van der Waals surface area (Å²) >= 11 is 0. The molecule has 0 aliphatic carbocycles. The first kappa shape index (κ1) is 10.9. The molecule has 3 heteroatoms. The van der Waals surface area contributed by atoms with Gasteiger partial charge in [-0.3, -0.25) is 0 Å². The van der Waals surface area contributed by atoms with Gasteiger partial charge in [-0.05, 0) is 32.9 Å². The summed E-state index contributed by atoms with van der Waals surface area (Å²) in [6.07, 6.45) is 3.65. The monoisotopic (exact) mass is 169 g/mol. The summed E-state index contributed by atoms with van der Waals surface area (Å²) in [7, 11) is 0. The van der Waals surface area contributed by atoms with Gasteiger partial charge in [0.25, 0.3) is 0 Å². The van der Waals surface area contributed by atoms with Gasteiger partial charge in [0.1, 0.15) is 0 Å². The van der Waals surface area contributed by atoms with Gasteiger partial charge in [0, 0.05) is 18.8 Å². The molecule has 0 aliphatic rings. The highest BCUT2D eigenvalue weighted by atomic mass is 15.2. The zero-order valence-electron chi connectivity index (χ0n) is 8.17. The number of rotatable bonds is 4. The molecule has 0 spiro atoms. The number of allylic oxidation sites excluding steroid dienone is 3. The molecular formula is C9H19N3. The van der Waals surface area contributed by atoms with Crippen LogP contribution in [0.3, 0.4) is 0 Å². The Morgan fingerprint density at radius 2 is 1.67 bits per heavy atom. The van der Waals surface area contributed by atoms with E-state index in [4.69, 9.17) is 11.5 Å². The summed E-state index contributed by atoms with van der Waals surface area (Å²) in [6, 6.07) is 0. The molecule has 0 aliphatic heterocycles. The Hall–Kier alpha value is -1.12. The van der Waals surface area contributed by atoms with E-state index in [0.717, 1.165) is 24.6 Å². The van der Waals surface area contributed by atoms with Crippen molar-refractivity contribution in [1.82, 2.24) is 4.90 Å². The zero-order chi connectivity index (χ0) is 9.56. The van der Waals surface area contributed by atoms with E-state index in [0.29, 0.717) is 0 Å². The van der Waals surface area contributed by atoms with Crippen molar-refractivity contribution in [3.63, 3.8) is 0 Å². The third-order valence-corrected chi connectivity index (χ3v) is 1.65. The van der Waals surface area contributed by atoms with Crippen LogP contribution in [0.4, 0.5) is 0 Å². The van der Waals surface area contributed by atoms with E-state index in [1.165, 1.54) is 0 Å². The minimum absolute atomic E-state index is 0.768. The van der Waals surface area contributed by atoms with Crippen molar-refractivity contribution < 1.29 is 0 Å². The van der Waals surface area contributed by atoms with E-state index in [2.05, 4.69) is 18.7 Å². The molecule has 0 saturated heterocycles. The van der Waals surface area contributed by atoms with Crippen LogP contribution in [0.5, 0.6) is 0 Å². The number of hydrogen-bond donors (Lipinski definition) is 2. The van der Waals surface area contributed by atoms with Crippen LogP contribution < -0.4 is 11.5 Å². The van der Waals surface area contributed by atoms with Crippen LogP contribution in [0.25, 0.3) is 0 Å². The molecule has 0 aromatic heterocycles. The average Bonchev–Trinajstić information content (AvgIpc) is 2.03. The van der Waals surface area contributed by atoms with Gasteiger partial charge in [-0.25, -0.2) is 0 Å². The molecule has 0 heterocycles. The van der Waals surface area contributed by atoms with Gasteiger partial charge >= 0.3 is 0 Å². The molecule has 3 nitrogen and oxygen atoms in total. The quantitative estimate of drug-likeness (QED) is 0.617. The first-order valence-corrected chi connectivity index (χ1v) is 4.26. The summed E-state index contributed by atoms with van der Waals surface area (Å²) in [5.74, 6) is 0.768. The molecular weight excluding hydrogens is 150 g/mol. The molecule has 0 aromatic carbocycles. The minimum Gasteiger partial charge on any atom is -0.402 e. The van der Waals surface area contributed by atoms with Gasteiger partial charge in [-0.15, -0.1) is 0 Å². The second-order valence-electron chi connectivity index (χ2n) is 2.67. The predicted molar refractivity (Wildman–Crippen MR) is 53.1 cm³/mol. The molecule has 0 bridgehead atoms. The lowest BCUT2D eigenvalue weighted by Gasteiger charge is -2.20. The standard InChI is InChI=1S/C9H19N3/c1-4-12(5-2)9(11)7-6-8(3)10/h6-7H,4-5,10-11H2,1-3H3/b8-6-,9-7+. The van der Waals surface area contributed by atoms with E-state index in [1.807, 2.05) is 19.1 Å². The van der Waals surface area contributed by atoms with Crippen molar-refractivity contribution in [2.24, 2.45) is 11.5 Å². The second kappa shape index (κ2) is 5.52. The van der Waals surface area contributed by atoms with Gasteiger partial charge in [-0.2, -0.15) is 0 Å². The molecule has 0 rings (SSSR count). The molecule has 0 atom stereocenters. The Balaban J connectivity index is 4.24. The van der Waals surface area contributed by atoms with Crippen molar-refractivity contribution >= 4 is 0 Å². The van der Waals surface area contributed by atoms with E-state index in [-0.39, 0.29) is 0 Å². The Morgan fingerprint density at radius 3 is 2.00 bits per heavy atom. The van der Waals surface area contributed by atoms with Gasteiger partial charge in [-0.1, -0.05) is 0 Å². The van der Waals surface area contributed by atoms with E-state index < -0.39 is 0 Å². The number of nitrogens with two attached hydrogens (primary N) is 2. The fourth-order valence-electron chi connectivity index (χ4n) is 0.911. The molecule has 12 heavy (non-hydrogen) atoms. The fraction of sp³-hybridized carbons (Fsp3) is 0.556. The summed E-state index contributed by atoms with van der Waals surface area (Å²) in [6.45, 7) is 7.84. The molecule has 0 unspecified atom stereocenters. The van der Waals surface area contributed by atoms with Crippen LogP contribution in [0.1, 0.15) is 20.8 Å². The Bertz CT molecular complexity index is 174. The largest absolute Gasteiger partial charge is 0.402 e. The van der Waals surface area contributed by atoms with Gasteiger partial charge in [0.15, 0.2) is 0 Å². The highest BCUT2D eigenvalue weighted by Gasteiger charge is 1.97. The van der Waals surface area contributed by atoms with Gasteiger partial charge in [0.05, 0.1) is 5.82 Å². The highest BCUT2D eigenvalue weighted by Crippen LogP contribution is 1.96. The van der Waals surface area contributed by atoms with E-state index >= 15 is 0 Å². The van der Waals surface area contributed by atoms with Crippen molar-refractivity contribution in [3.05, 3.63) is 23.7 Å². The van der Waals surface area contributed by atoms with Crippen molar-refractivity contribution in [2.45, 2.75) is 20.8 Å². The maximum absolute atomic E-state index is 5.77. The first-order chi connectivity index (χ1) is 5.61. The topological polar surface area (TPSA) is 55.3 Å². The lowest BCUT2D eigenvalue weighted by molar-refractivity contribution is 0.378. The van der Waals surface area contributed by atoms with Crippen molar-refractivity contribution in [2.75, 3.05) is 13.1 Å². The molecule has 4 N–H and O–H groups in total. The number of hydrogen-bond acceptors (Lipinski definition) is 3. The lowest BCUT2D eigenvalue weighted by atomic mass is 10.4. The summed E-state index contributed by atoms with van der Waals surface area (Å²) in [5, 5.41) is 0. The first-order valence-electron chi connectivity index (χ1n) is 4.26. The second-order valence-corrected chi connectivity index (χ2v) is 2.67. The lowest BCUT2D eigenvalue weighted by Crippen LogP contribution is -2.27. The fourth-order valence-corrected chi connectivity index (χ4v) is 0.911. The normalized spacial score (nSPS) is 13.2. The van der Waals surface area contributed by atoms with Crippen LogP contribution in [0.2, 0.25) is 0 Å². The smallest absolute Gasteiger partial charge is 0.0986 e. The third-order valence-electron chi connectivity index (χ3n) is 1.65. The number of nitrogens with zero attached hydrogens (tertiary/aromatic N) is 1. The summed E-state index contributed by atoms with van der Waals surface area (Å²) in [4.78, 5) is 2.07. The Morgan fingerprint density at radius 1 is 1.17 bits per heavy atom. The third kappa shape index (κ3) is 3.91. The highest BCUT2D eigenvalue weighted by molar-refractivity contribution is 5.12. The van der Waals surface area contributed by atoms with Crippen LogP contribution >= 0.6 is 0 Å². The van der Waals surface area contributed by atoms with Gasteiger partial charge < -0.3 is 16.4 Å².